The Kier molecular flexibility index (Phi) is 54.6. The molecule has 480 valence electrons. The third-order valence-electron chi connectivity index (χ3n) is 14.3. The number of carbonyl (C=O) groups excluding carboxylic acids is 4. The standard InChI is InChI=1S/C62H120O17P2/c1-6-9-12-15-17-19-20-21-22-23-24-25-27-33-38-43-48-62(67)79-58(52-73-60(65)46-41-36-31-29-28-30-35-39-44-55(4)5)54-77-81(70,71)75-50-56(63)49-74-80(68,69)76-53-57(51-72-59(64)45-40-34-14-11-8-3)78-61(66)47-42-37-32-26-18-16-13-10-7-2/h55-58,63H,6-54H2,1-5H3,(H,68,69)(H,70,71)/t56-,57+,58+/m0/s1. The van der Waals surface area contributed by atoms with Gasteiger partial charge in [-0.1, -0.05) is 259 Å². The molecule has 17 nitrogen and oxygen atoms in total. The van der Waals surface area contributed by atoms with E-state index in [1.165, 1.54) is 128 Å². The molecule has 0 spiro atoms. The summed E-state index contributed by atoms with van der Waals surface area (Å²) in [6.07, 6.45) is 39.4. The summed E-state index contributed by atoms with van der Waals surface area (Å²) in [6.45, 7) is 7.05. The first kappa shape index (κ1) is 79.1. The Balaban J connectivity index is 5.16. The number of phosphoric ester groups is 2. The highest BCUT2D eigenvalue weighted by Gasteiger charge is 2.30. The van der Waals surface area contributed by atoms with Crippen LogP contribution in [0.1, 0.15) is 311 Å². The van der Waals surface area contributed by atoms with Crippen LogP contribution in [0.25, 0.3) is 0 Å². The van der Waals surface area contributed by atoms with E-state index in [2.05, 4.69) is 34.6 Å². The lowest BCUT2D eigenvalue weighted by Gasteiger charge is -2.21. The van der Waals surface area contributed by atoms with Gasteiger partial charge in [0.1, 0.15) is 19.3 Å². The molecular formula is C62H120O17P2. The minimum absolute atomic E-state index is 0.105. The van der Waals surface area contributed by atoms with E-state index in [9.17, 15) is 43.2 Å². The third-order valence-corrected chi connectivity index (χ3v) is 16.2. The lowest BCUT2D eigenvalue weighted by Crippen LogP contribution is -2.30. The molecule has 0 saturated carbocycles. The number of esters is 4. The Bertz CT molecular complexity index is 1580. The van der Waals surface area contributed by atoms with Gasteiger partial charge in [0.25, 0.3) is 0 Å². The van der Waals surface area contributed by atoms with Gasteiger partial charge in [0, 0.05) is 25.7 Å². The van der Waals surface area contributed by atoms with Crippen LogP contribution in [0.5, 0.6) is 0 Å². The first-order valence-corrected chi connectivity index (χ1v) is 35.6. The summed E-state index contributed by atoms with van der Waals surface area (Å²) in [5, 5.41) is 10.5. The molecular weight excluding hydrogens is 1080 g/mol. The Hall–Kier alpha value is -1.94. The van der Waals surface area contributed by atoms with Gasteiger partial charge in [0.05, 0.1) is 26.4 Å². The lowest BCUT2D eigenvalue weighted by atomic mass is 10.0. The van der Waals surface area contributed by atoms with Crippen molar-refractivity contribution in [2.75, 3.05) is 39.6 Å². The molecule has 0 aliphatic carbocycles. The SMILES string of the molecule is CCCCCCCCCCCCCCCCCCC(=O)O[C@H](COC(=O)CCCCCCCCCCC(C)C)COP(=O)(O)OC[C@@H](O)COP(=O)(O)OC[C@@H](COC(=O)CCCCCCC)OC(=O)CCCCCCCCCCC. The zero-order chi connectivity index (χ0) is 59.9. The van der Waals surface area contributed by atoms with E-state index in [0.717, 1.165) is 102 Å². The fourth-order valence-corrected chi connectivity index (χ4v) is 10.8. The highest BCUT2D eigenvalue weighted by Crippen LogP contribution is 2.45. The minimum atomic E-state index is -4.94. The number of aliphatic hydroxyl groups is 1. The van der Waals surface area contributed by atoms with Crippen LogP contribution in [-0.2, 0) is 65.4 Å². The molecule has 0 heterocycles. The summed E-state index contributed by atoms with van der Waals surface area (Å²) >= 11 is 0. The second-order valence-electron chi connectivity index (χ2n) is 22.9. The zero-order valence-electron chi connectivity index (χ0n) is 51.9. The summed E-state index contributed by atoms with van der Waals surface area (Å²) < 4.78 is 67.7. The number of ether oxygens (including phenoxy) is 4. The molecule has 0 aliphatic rings. The summed E-state index contributed by atoms with van der Waals surface area (Å²) in [5.74, 6) is -1.42. The normalized spacial score (nSPS) is 14.3. The molecule has 81 heavy (non-hydrogen) atoms. The molecule has 0 radical (unpaired) electrons. The van der Waals surface area contributed by atoms with Gasteiger partial charge in [0.15, 0.2) is 12.2 Å². The predicted molar refractivity (Wildman–Crippen MR) is 322 cm³/mol. The smallest absolute Gasteiger partial charge is 0.462 e. The van der Waals surface area contributed by atoms with Gasteiger partial charge in [-0.15, -0.1) is 0 Å². The van der Waals surface area contributed by atoms with Crippen LogP contribution in [-0.4, -0.2) is 96.7 Å². The molecule has 0 rings (SSSR count). The third kappa shape index (κ3) is 56.9. The van der Waals surface area contributed by atoms with Crippen molar-refractivity contribution in [3.05, 3.63) is 0 Å². The van der Waals surface area contributed by atoms with Crippen LogP contribution in [0, 0.1) is 5.92 Å². The number of carbonyl (C=O) groups is 4. The maximum atomic E-state index is 12.9. The molecule has 0 bridgehead atoms. The van der Waals surface area contributed by atoms with E-state index >= 15 is 0 Å². The van der Waals surface area contributed by atoms with Crippen molar-refractivity contribution in [1.29, 1.82) is 0 Å². The van der Waals surface area contributed by atoms with Gasteiger partial charge >= 0.3 is 39.5 Å². The number of unbranched alkanes of at least 4 members (excludes halogenated alkanes) is 34. The lowest BCUT2D eigenvalue weighted by molar-refractivity contribution is -0.161. The molecule has 0 aromatic heterocycles. The van der Waals surface area contributed by atoms with Crippen LogP contribution in [0.15, 0.2) is 0 Å². The van der Waals surface area contributed by atoms with Crippen LogP contribution >= 0.6 is 15.6 Å². The van der Waals surface area contributed by atoms with E-state index in [-0.39, 0.29) is 25.7 Å². The second-order valence-corrected chi connectivity index (χ2v) is 25.8. The van der Waals surface area contributed by atoms with Gasteiger partial charge in [-0.3, -0.25) is 37.3 Å². The van der Waals surface area contributed by atoms with Crippen molar-refractivity contribution in [3.63, 3.8) is 0 Å². The molecule has 0 aromatic rings. The molecule has 5 atom stereocenters. The highest BCUT2D eigenvalue weighted by atomic mass is 31.2. The first-order valence-electron chi connectivity index (χ1n) is 32.6. The second kappa shape index (κ2) is 55.9. The average Bonchev–Trinajstić information content (AvgIpc) is 3.43. The number of hydrogen-bond donors (Lipinski definition) is 3. The van der Waals surface area contributed by atoms with Crippen LogP contribution in [0.4, 0.5) is 0 Å². The van der Waals surface area contributed by atoms with Crippen LogP contribution in [0.2, 0.25) is 0 Å². The average molecular weight is 1200 g/mol. The largest absolute Gasteiger partial charge is 0.472 e. The van der Waals surface area contributed by atoms with Crippen LogP contribution < -0.4 is 0 Å². The van der Waals surface area contributed by atoms with E-state index in [1.54, 1.807) is 0 Å². The first-order chi connectivity index (χ1) is 39.0. The Labute approximate surface area is 492 Å². The predicted octanol–water partition coefficient (Wildman–Crippen LogP) is 17.0. The Morgan fingerprint density at radius 2 is 0.568 bits per heavy atom. The molecule has 2 unspecified atom stereocenters. The van der Waals surface area contributed by atoms with E-state index in [4.69, 9.17) is 37.0 Å². The van der Waals surface area contributed by atoms with Crippen molar-refractivity contribution >= 4 is 39.5 Å². The van der Waals surface area contributed by atoms with Crippen LogP contribution in [0.3, 0.4) is 0 Å². The number of aliphatic hydroxyl groups excluding tert-OH is 1. The highest BCUT2D eigenvalue weighted by molar-refractivity contribution is 7.47. The number of phosphoric acid groups is 2. The summed E-state index contributed by atoms with van der Waals surface area (Å²) in [5.41, 5.74) is 0. The molecule has 0 saturated heterocycles. The van der Waals surface area contributed by atoms with Gasteiger partial charge in [-0.25, -0.2) is 9.13 Å². The molecule has 3 N–H and O–H groups in total. The number of rotatable bonds is 62. The fourth-order valence-electron chi connectivity index (χ4n) is 9.23. The maximum Gasteiger partial charge on any atom is 0.472 e. The summed E-state index contributed by atoms with van der Waals surface area (Å²) in [7, 11) is -9.87. The maximum absolute atomic E-state index is 12.9. The molecule has 0 aromatic carbocycles. The van der Waals surface area contributed by atoms with Gasteiger partial charge in [-0.2, -0.15) is 0 Å². The van der Waals surface area contributed by atoms with E-state index in [0.29, 0.717) is 25.7 Å². The van der Waals surface area contributed by atoms with Gasteiger partial charge in [0.2, 0.25) is 0 Å². The zero-order valence-corrected chi connectivity index (χ0v) is 53.7. The molecule has 0 aliphatic heterocycles. The molecule has 0 amide bonds. The van der Waals surface area contributed by atoms with Gasteiger partial charge in [-0.05, 0) is 31.6 Å². The van der Waals surface area contributed by atoms with E-state index in [1.807, 2.05) is 0 Å². The van der Waals surface area contributed by atoms with Gasteiger partial charge < -0.3 is 33.8 Å². The molecule has 19 heteroatoms. The Morgan fingerprint density at radius 3 is 0.840 bits per heavy atom. The van der Waals surface area contributed by atoms with Crippen molar-refractivity contribution in [2.24, 2.45) is 5.92 Å². The fraction of sp³-hybridized carbons (Fsp3) is 0.935. The van der Waals surface area contributed by atoms with Crippen molar-refractivity contribution in [1.82, 2.24) is 0 Å². The van der Waals surface area contributed by atoms with Crippen molar-refractivity contribution in [3.8, 4) is 0 Å². The van der Waals surface area contributed by atoms with Crippen molar-refractivity contribution < 1.29 is 80.2 Å². The molecule has 0 fully saturated rings. The summed E-state index contributed by atoms with van der Waals surface area (Å²) in [6, 6.07) is 0. The topological polar surface area (TPSA) is 237 Å². The van der Waals surface area contributed by atoms with E-state index < -0.39 is 97.5 Å². The number of hydrogen-bond acceptors (Lipinski definition) is 15. The Morgan fingerprint density at radius 1 is 0.333 bits per heavy atom. The monoisotopic (exact) mass is 1200 g/mol. The quantitative estimate of drug-likeness (QED) is 0.0222. The van der Waals surface area contributed by atoms with Crippen molar-refractivity contribution in [2.45, 2.75) is 329 Å². The minimum Gasteiger partial charge on any atom is -0.462 e. The summed E-state index contributed by atoms with van der Waals surface area (Å²) in [4.78, 5) is 71.8.